The molecule has 3 aromatic rings. The summed E-state index contributed by atoms with van der Waals surface area (Å²) >= 11 is 5.86. The van der Waals surface area contributed by atoms with Gasteiger partial charge < -0.3 is 24.3 Å². The van der Waals surface area contributed by atoms with Crippen molar-refractivity contribution in [3.8, 4) is 5.75 Å². The van der Waals surface area contributed by atoms with Crippen molar-refractivity contribution in [3.63, 3.8) is 0 Å². The van der Waals surface area contributed by atoms with Gasteiger partial charge in [0.1, 0.15) is 5.75 Å². The van der Waals surface area contributed by atoms with E-state index in [0.717, 1.165) is 23.7 Å². The zero-order valence-electron chi connectivity index (χ0n) is 19.9. The van der Waals surface area contributed by atoms with Gasteiger partial charge in [0.15, 0.2) is 5.11 Å². The van der Waals surface area contributed by atoms with Crippen molar-refractivity contribution in [1.82, 2.24) is 14.9 Å². The van der Waals surface area contributed by atoms with E-state index >= 15 is 0 Å². The summed E-state index contributed by atoms with van der Waals surface area (Å²) in [5, 5.41) is 4.23. The first-order valence-electron chi connectivity index (χ1n) is 11.3. The minimum atomic E-state index is -0.0679. The van der Waals surface area contributed by atoms with Gasteiger partial charge in [-0.05, 0) is 87.9 Å². The number of nitrogens with zero attached hydrogens (tertiary/aromatic N) is 3. The molecule has 0 unspecified atom stereocenters. The van der Waals surface area contributed by atoms with Crippen LogP contribution >= 0.6 is 12.2 Å². The first kappa shape index (κ1) is 23.3. The fourth-order valence-corrected chi connectivity index (χ4v) is 4.91. The van der Waals surface area contributed by atoms with Gasteiger partial charge in [0.2, 0.25) is 0 Å². The van der Waals surface area contributed by atoms with Crippen LogP contribution in [0, 0.1) is 13.8 Å². The summed E-state index contributed by atoms with van der Waals surface area (Å²) < 4.78 is 13.5. The van der Waals surface area contributed by atoms with E-state index in [1.165, 1.54) is 17.0 Å². The molecule has 1 fully saturated rings. The summed E-state index contributed by atoms with van der Waals surface area (Å²) in [7, 11) is 1.74. The Balaban J connectivity index is 1.78. The van der Waals surface area contributed by atoms with Crippen molar-refractivity contribution < 1.29 is 9.47 Å². The maximum absolute atomic E-state index is 5.86. The van der Waals surface area contributed by atoms with E-state index in [1.54, 1.807) is 7.11 Å². The highest BCUT2D eigenvalue weighted by molar-refractivity contribution is 7.80. The van der Waals surface area contributed by atoms with Crippen LogP contribution in [0.15, 0.2) is 54.7 Å². The lowest BCUT2D eigenvalue weighted by Crippen LogP contribution is -2.29. The van der Waals surface area contributed by atoms with Crippen molar-refractivity contribution >= 4 is 23.0 Å². The second-order valence-corrected chi connectivity index (χ2v) is 9.01. The standard InChI is InChI=1S/C26H32N4O2S/c1-17(2)32-21-11-9-20(10-12-21)30-25(22-16-18(3)29(19(22)4)14-15-31-5)24(28-26(30)33)23-8-6-7-13-27-23/h6-13,16-17,24-25H,14-15H2,1-5H3,(H,28,33)/t24-,25-/m1/s1. The highest BCUT2D eigenvalue weighted by atomic mass is 32.1. The molecule has 1 N–H and O–H groups in total. The molecule has 0 spiro atoms. The molecule has 2 atom stereocenters. The molecule has 0 saturated carbocycles. The fourth-order valence-electron chi connectivity index (χ4n) is 4.56. The number of aromatic nitrogens is 2. The number of anilines is 1. The van der Waals surface area contributed by atoms with Gasteiger partial charge in [-0.3, -0.25) is 4.98 Å². The Bertz CT molecular complexity index is 1100. The predicted molar refractivity (Wildman–Crippen MR) is 136 cm³/mol. The molecule has 3 heterocycles. The Labute approximate surface area is 201 Å². The summed E-state index contributed by atoms with van der Waals surface area (Å²) in [5.41, 5.74) is 5.64. The smallest absolute Gasteiger partial charge is 0.174 e. The molecule has 6 nitrogen and oxygen atoms in total. The van der Waals surface area contributed by atoms with Crippen molar-refractivity contribution in [2.75, 3.05) is 18.6 Å². The lowest BCUT2D eigenvalue weighted by Gasteiger charge is -2.28. The molecular formula is C26H32N4O2S. The maximum atomic E-state index is 5.86. The van der Waals surface area contributed by atoms with Gasteiger partial charge in [-0.15, -0.1) is 0 Å². The van der Waals surface area contributed by atoms with E-state index in [4.69, 9.17) is 21.7 Å². The number of ether oxygens (including phenoxy) is 2. The zero-order valence-corrected chi connectivity index (χ0v) is 20.7. The van der Waals surface area contributed by atoms with Crippen LogP contribution in [-0.4, -0.2) is 34.5 Å². The third-order valence-electron chi connectivity index (χ3n) is 6.04. The minimum absolute atomic E-state index is 0.0354. The van der Waals surface area contributed by atoms with Gasteiger partial charge in [-0.25, -0.2) is 0 Å². The van der Waals surface area contributed by atoms with Crippen molar-refractivity contribution in [3.05, 3.63) is 77.4 Å². The number of pyridine rings is 1. The Hall–Kier alpha value is -2.90. The molecule has 0 amide bonds. The number of nitrogens with one attached hydrogen (secondary N) is 1. The second-order valence-electron chi connectivity index (χ2n) is 8.63. The average Bonchev–Trinajstić information content (AvgIpc) is 3.28. The first-order chi connectivity index (χ1) is 15.9. The van der Waals surface area contributed by atoms with Gasteiger partial charge in [-0.1, -0.05) is 6.07 Å². The molecule has 174 valence electrons. The molecule has 1 saturated heterocycles. The number of thiocarbonyl (C=S) groups is 1. The van der Waals surface area contributed by atoms with E-state index in [2.05, 4.69) is 57.9 Å². The third-order valence-corrected chi connectivity index (χ3v) is 6.35. The second kappa shape index (κ2) is 9.93. The van der Waals surface area contributed by atoms with Crippen molar-refractivity contribution in [2.24, 2.45) is 0 Å². The van der Waals surface area contributed by atoms with Crippen LogP contribution in [0.3, 0.4) is 0 Å². The lowest BCUT2D eigenvalue weighted by molar-refractivity contribution is 0.186. The van der Waals surface area contributed by atoms with Crippen LogP contribution in [0.25, 0.3) is 0 Å². The molecule has 2 aromatic heterocycles. The van der Waals surface area contributed by atoms with Crippen LogP contribution in [0.2, 0.25) is 0 Å². The summed E-state index contributed by atoms with van der Waals surface area (Å²) in [6.07, 6.45) is 1.96. The van der Waals surface area contributed by atoms with E-state index in [1.807, 2.05) is 44.3 Å². The molecular weight excluding hydrogens is 432 g/mol. The van der Waals surface area contributed by atoms with Crippen LogP contribution in [0.4, 0.5) is 5.69 Å². The Morgan fingerprint density at radius 3 is 2.52 bits per heavy atom. The topological polar surface area (TPSA) is 51.5 Å². The highest BCUT2D eigenvalue weighted by Gasteiger charge is 2.42. The van der Waals surface area contributed by atoms with Crippen LogP contribution in [0.1, 0.15) is 48.6 Å². The Kier molecular flexibility index (Phi) is 7.00. The number of methoxy groups -OCH3 is 1. The number of benzene rings is 1. The zero-order chi connectivity index (χ0) is 23.5. The normalized spacial score (nSPS) is 18.1. The van der Waals surface area contributed by atoms with Gasteiger partial charge in [-0.2, -0.15) is 0 Å². The van der Waals surface area contributed by atoms with Gasteiger partial charge in [0.05, 0.1) is 30.5 Å². The van der Waals surface area contributed by atoms with Crippen LogP contribution in [-0.2, 0) is 11.3 Å². The van der Waals surface area contributed by atoms with Gasteiger partial charge >= 0.3 is 0 Å². The van der Waals surface area contributed by atoms with Gasteiger partial charge in [0.25, 0.3) is 0 Å². The van der Waals surface area contributed by atoms with E-state index < -0.39 is 0 Å². The van der Waals surface area contributed by atoms with E-state index in [9.17, 15) is 0 Å². The monoisotopic (exact) mass is 464 g/mol. The molecule has 1 aliphatic heterocycles. The predicted octanol–water partition coefficient (Wildman–Crippen LogP) is 5.11. The molecule has 7 heteroatoms. The van der Waals surface area contributed by atoms with Gasteiger partial charge in [0, 0.05) is 36.9 Å². The quantitative estimate of drug-likeness (QED) is 0.468. The molecule has 1 aromatic carbocycles. The largest absolute Gasteiger partial charge is 0.491 e. The fraction of sp³-hybridized carbons (Fsp3) is 0.385. The minimum Gasteiger partial charge on any atom is -0.491 e. The molecule has 1 aliphatic rings. The molecule has 0 bridgehead atoms. The summed E-state index contributed by atoms with van der Waals surface area (Å²) in [6, 6.07) is 16.3. The van der Waals surface area contributed by atoms with Crippen molar-refractivity contribution in [1.29, 1.82) is 0 Å². The SMILES string of the molecule is COCCn1c(C)cc([C@@H]2[C@@H](c3ccccn3)NC(=S)N2c2ccc(OC(C)C)cc2)c1C. The van der Waals surface area contributed by atoms with E-state index in [-0.39, 0.29) is 18.2 Å². The van der Waals surface area contributed by atoms with E-state index in [0.29, 0.717) is 11.7 Å². The summed E-state index contributed by atoms with van der Waals surface area (Å²) in [4.78, 5) is 6.86. The molecule has 4 rings (SSSR count). The summed E-state index contributed by atoms with van der Waals surface area (Å²) in [5.74, 6) is 0.849. The molecule has 0 radical (unpaired) electrons. The van der Waals surface area contributed by atoms with Crippen molar-refractivity contribution in [2.45, 2.75) is 52.4 Å². The maximum Gasteiger partial charge on any atom is 0.174 e. The molecule has 33 heavy (non-hydrogen) atoms. The number of rotatable bonds is 8. The number of aryl methyl sites for hydroxylation is 1. The summed E-state index contributed by atoms with van der Waals surface area (Å²) in [6.45, 7) is 9.86. The number of hydrogen-bond acceptors (Lipinski definition) is 4. The third kappa shape index (κ3) is 4.75. The van der Waals surface area contributed by atoms with Crippen LogP contribution in [0.5, 0.6) is 5.75 Å². The Morgan fingerprint density at radius 1 is 1.12 bits per heavy atom. The number of hydrogen-bond donors (Lipinski definition) is 1. The lowest BCUT2D eigenvalue weighted by atomic mass is 9.96. The average molecular weight is 465 g/mol. The van der Waals surface area contributed by atoms with Crippen LogP contribution < -0.4 is 15.0 Å². The Morgan fingerprint density at radius 2 is 1.88 bits per heavy atom. The highest BCUT2D eigenvalue weighted by Crippen LogP contribution is 2.43. The first-order valence-corrected chi connectivity index (χ1v) is 11.7. The molecule has 0 aliphatic carbocycles.